The lowest BCUT2D eigenvalue weighted by Gasteiger charge is -2.14. The molecule has 0 aromatic heterocycles. The van der Waals surface area contributed by atoms with Crippen molar-refractivity contribution in [2.45, 2.75) is 25.6 Å². The molecule has 20 heavy (non-hydrogen) atoms. The molecule has 0 N–H and O–H groups in total. The molecule has 106 valence electrons. The summed E-state index contributed by atoms with van der Waals surface area (Å²) in [5.41, 5.74) is 1.28. The van der Waals surface area contributed by atoms with E-state index in [0.717, 1.165) is 5.56 Å². The van der Waals surface area contributed by atoms with Crippen molar-refractivity contribution in [2.24, 2.45) is 0 Å². The number of benzene rings is 2. The van der Waals surface area contributed by atoms with E-state index in [2.05, 4.69) is 0 Å². The Bertz CT molecular complexity index is 588. The van der Waals surface area contributed by atoms with Crippen LogP contribution in [0.15, 0.2) is 36.4 Å². The minimum Gasteiger partial charge on any atom is -0.451 e. The number of hydrogen-bond donors (Lipinski definition) is 0. The Balaban J connectivity index is 2.40. The van der Waals surface area contributed by atoms with Crippen LogP contribution in [0.4, 0.5) is 8.78 Å². The molecular formula is C16H15ClF2O. The molecule has 4 heteroatoms. The predicted octanol–water partition coefficient (Wildman–Crippen LogP) is 5.62. The molecule has 0 bridgehead atoms. The fourth-order valence-corrected chi connectivity index (χ4v) is 2.10. The van der Waals surface area contributed by atoms with Gasteiger partial charge in [-0.05, 0) is 35.2 Å². The van der Waals surface area contributed by atoms with Crippen molar-refractivity contribution in [3.8, 4) is 11.5 Å². The molecule has 2 aromatic rings. The summed E-state index contributed by atoms with van der Waals surface area (Å²) in [4.78, 5) is 0. The summed E-state index contributed by atoms with van der Waals surface area (Å²) in [5.74, 6) is -1.19. The van der Waals surface area contributed by atoms with E-state index in [0.29, 0.717) is 11.3 Å². The summed E-state index contributed by atoms with van der Waals surface area (Å²) in [6, 6.07) is 9.58. The maximum absolute atomic E-state index is 13.9. The Hall–Kier alpha value is -1.61. The van der Waals surface area contributed by atoms with Crippen molar-refractivity contribution < 1.29 is 13.5 Å². The van der Waals surface area contributed by atoms with Crippen LogP contribution < -0.4 is 4.74 Å². The van der Waals surface area contributed by atoms with Gasteiger partial charge < -0.3 is 4.74 Å². The van der Waals surface area contributed by atoms with Crippen LogP contribution in [0.2, 0.25) is 0 Å². The lowest BCUT2D eigenvalue weighted by molar-refractivity contribution is 0.402. The smallest absolute Gasteiger partial charge is 0.198 e. The fourth-order valence-electron chi connectivity index (χ4n) is 1.95. The third-order valence-corrected chi connectivity index (χ3v) is 3.27. The number of para-hydroxylation sites is 1. The molecule has 0 saturated heterocycles. The van der Waals surface area contributed by atoms with E-state index in [9.17, 15) is 8.78 Å². The third-order valence-electron chi connectivity index (χ3n) is 2.97. The third kappa shape index (κ3) is 3.10. The van der Waals surface area contributed by atoms with Gasteiger partial charge in [0.1, 0.15) is 5.75 Å². The van der Waals surface area contributed by atoms with Crippen LogP contribution in [0.3, 0.4) is 0 Å². The van der Waals surface area contributed by atoms with E-state index in [1.807, 2.05) is 26.0 Å². The highest BCUT2D eigenvalue weighted by molar-refractivity contribution is 6.17. The second-order valence-electron chi connectivity index (χ2n) is 4.82. The Morgan fingerprint density at radius 2 is 1.70 bits per heavy atom. The SMILES string of the molecule is CC(C)c1ccccc1Oc1c(F)cc(CCl)cc1F. The highest BCUT2D eigenvalue weighted by Crippen LogP contribution is 2.33. The van der Waals surface area contributed by atoms with Crippen LogP contribution in [0.1, 0.15) is 30.9 Å². The van der Waals surface area contributed by atoms with Crippen LogP contribution in [-0.4, -0.2) is 0 Å². The monoisotopic (exact) mass is 296 g/mol. The first-order valence-corrected chi connectivity index (χ1v) is 6.87. The van der Waals surface area contributed by atoms with Crippen LogP contribution in [-0.2, 0) is 5.88 Å². The van der Waals surface area contributed by atoms with Crippen LogP contribution >= 0.6 is 11.6 Å². The van der Waals surface area contributed by atoms with Crippen LogP contribution in [0.5, 0.6) is 11.5 Å². The maximum atomic E-state index is 13.9. The lowest BCUT2D eigenvalue weighted by atomic mass is 10.0. The first-order valence-electron chi connectivity index (χ1n) is 6.33. The van der Waals surface area contributed by atoms with Gasteiger partial charge in [-0.25, -0.2) is 8.78 Å². The van der Waals surface area contributed by atoms with Crippen molar-refractivity contribution in [1.29, 1.82) is 0 Å². The fraction of sp³-hybridized carbons (Fsp3) is 0.250. The molecule has 1 nitrogen and oxygen atoms in total. The summed E-state index contributed by atoms with van der Waals surface area (Å²) in [5, 5.41) is 0. The van der Waals surface area contributed by atoms with Gasteiger partial charge >= 0.3 is 0 Å². The van der Waals surface area contributed by atoms with Crippen molar-refractivity contribution in [3.63, 3.8) is 0 Å². The predicted molar refractivity (Wildman–Crippen MR) is 76.5 cm³/mol. The summed E-state index contributed by atoms with van der Waals surface area (Å²) < 4.78 is 33.2. The summed E-state index contributed by atoms with van der Waals surface area (Å²) in [7, 11) is 0. The van der Waals surface area contributed by atoms with Crippen molar-refractivity contribution in [1.82, 2.24) is 0 Å². The molecule has 0 atom stereocenters. The van der Waals surface area contributed by atoms with Gasteiger partial charge in [0.2, 0.25) is 0 Å². The van der Waals surface area contributed by atoms with Crippen LogP contribution in [0, 0.1) is 11.6 Å². The summed E-state index contributed by atoms with van der Waals surface area (Å²) >= 11 is 5.58. The largest absolute Gasteiger partial charge is 0.451 e. The zero-order valence-electron chi connectivity index (χ0n) is 11.3. The quantitative estimate of drug-likeness (QED) is 0.665. The molecule has 0 saturated carbocycles. The molecule has 0 aliphatic rings. The number of rotatable bonds is 4. The summed E-state index contributed by atoms with van der Waals surface area (Å²) in [6.07, 6.45) is 0. The minimum absolute atomic E-state index is 0.0523. The Labute approximate surface area is 122 Å². The topological polar surface area (TPSA) is 9.23 Å². The summed E-state index contributed by atoms with van der Waals surface area (Å²) in [6.45, 7) is 3.98. The molecule has 0 amide bonds. The molecule has 0 unspecified atom stereocenters. The van der Waals surface area contributed by atoms with Gasteiger partial charge in [0.05, 0.1) is 0 Å². The molecule has 0 aliphatic heterocycles. The van der Waals surface area contributed by atoms with E-state index in [1.165, 1.54) is 12.1 Å². The van der Waals surface area contributed by atoms with Gasteiger partial charge in [-0.1, -0.05) is 32.0 Å². The zero-order chi connectivity index (χ0) is 14.7. The van der Waals surface area contributed by atoms with Gasteiger partial charge in [0.25, 0.3) is 0 Å². The highest BCUT2D eigenvalue weighted by atomic mass is 35.5. The zero-order valence-corrected chi connectivity index (χ0v) is 12.0. The van der Waals surface area contributed by atoms with E-state index in [-0.39, 0.29) is 11.8 Å². The number of alkyl halides is 1. The molecular weight excluding hydrogens is 282 g/mol. The minimum atomic E-state index is -0.751. The molecule has 0 spiro atoms. The van der Waals surface area contributed by atoms with Gasteiger partial charge in [0, 0.05) is 5.88 Å². The van der Waals surface area contributed by atoms with Crippen molar-refractivity contribution in [2.75, 3.05) is 0 Å². The number of hydrogen-bond acceptors (Lipinski definition) is 1. The first-order chi connectivity index (χ1) is 9.52. The molecule has 0 heterocycles. The first kappa shape index (κ1) is 14.8. The van der Waals surface area contributed by atoms with Gasteiger partial charge in [-0.15, -0.1) is 11.6 Å². The Morgan fingerprint density at radius 1 is 1.10 bits per heavy atom. The highest BCUT2D eigenvalue weighted by Gasteiger charge is 2.16. The molecule has 2 rings (SSSR count). The van der Waals surface area contributed by atoms with E-state index >= 15 is 0 Å². The van der Waals surface area contributed by atoms with Crippen molar-refractivity contribution in [3.05, 3.63) is 59.2 Å². The Morgan fingerprint density at radius 3 is 2.25 bits per heavy atom. The standard InChI is InChI=1S/C16H15ClF2O/c1-10(2)12-5-3-4-6-15(12)20-16-13(18)7-11(9-17)8-14(16)19/h3-8,10H,9H2,1-2H3. The Kier molecular flexibility index (Phi) is 4.61. The number of halogens is 3. The maximum Gasteiger partial charge on any atom is 0.198 e. The second-order valence-corrected chi connectivity index (χ2v) is 5.08. The van der Waals surface area contributed by atoms with E-state index in [1.54, 1.807) is 12.1 Å². The van der Waals surface area contributed by atoms with Gasteiger partial charge in [-0.2, -0.15) is 0 Å². The molecule has 2 aromatic carbocycles. The van der Waals surface area contributed by atoms with Gasteiger partial charge in [0.15, 0.2) is 17.4 Å². The van der Waals surface area contributed by atoms with Crippen LogP contribution in [0.25, 0.3) is 0 Å². The lowest BCUT2D eigenvalue weighted by Crippen LogP contribution is -1.98. The van der Waals surface area contributed by atoms with E-state index < -0.39 is 17.4 Å². The molecule has 0 radical (unpaired) electrons. The average molecular weight is 297 g/mol. The molecule has 0 aliphatic carbocycles. The second kappa shape index (κ2) is 6.23. The van der Waals surface area contributed by atoms with Crippen molar-refractivity contribution >= 4 is 11.6 Å². The number of ether oxygens (including phenoxy) is 1. The van der Waals surface area contributed by atoms with Gasteiger partial charge in [-0.3, -0.25) is 0 Å². The normalized spacial score (nSPS) is 10.9. The molecule has 0 fully saturated rings. The van der Waals surface area contributed by atoms with E-state index in [4.69, 9.17) is 16.3 Å². The average Bonchev–Trinajstić information content (AvgIpc) is 2.42.